The minimum atomic E-state index is -0.234. The molecule has 1 fully saturated rings. The van der Waals surface area contributed by atoms with E-state index in [1.54, 1.807) is 30.0 Å². The molecule has 6 nitrogen and oxygen atoms in total. The minimum absolute atomic E-state index is 0.0850. The lowest BCUT2D eigenvalue weighted by molar-refractivity contribution is -0.115. The van der Waals surface area contributed by atoms with Gasteiger partial charge in [-0.25, -0.2) is 0 Å². The van der Waals surface area contributed by atoms with Crippen molar-refractivity contribution in [1.29, 1.82) is 0 Å². The van der Waals surface area contributed by atoms with Crippen LogP contribution in [0.2, 0.25) is 0 Å². The van der Waals surface area contributed by atoms with Gasteiger partial charge in [0.15, 0.2) is 11.5 Å². The van der Waals surface area contributed by atoms with Crippen molar-refractivity contribution in [3.63, 3.8) is 0 Å². The van der Waals surface area contributed by atoms with Crippen LogP contribution >= 0.6 is 11.8 Å². The number of anilines is 2. The Hall–Kier alpha value is -3.45. The van der Waals surface area contributed by atoms with Crippen LogP contribution in [0, 0.1) is 13.8 Å². The Morgan fingerprint density at radius 1 is 1.03 bits per heavy atom. The summed E-state index contributed by atoms with van der Waals surface area (Å²) in [7, 11) is 0. The Morgan fingerprint density at radius 2 is 1.88 bits per heavy atom. The van der Waals surface area contributed by atoms with Crippen LogP contribution in [0.3, 0.4) is 0 Å². The molecular formula is C25H22N2O4S. The van der Waals surface area contributed by atoms with Crippen LogP contribution < -0.4 is 19.7 Å². The second-order valence-electron chi connectivity index (χ2n) is 7.86. The first kappa shape index (κ1) is 20.5. The number of thioether (sulfide) groups is 1. The number of carbonyl (C=O) groups excluding carboxylic acids is 2. The molecule has 0 aliphatic carbocycles. The fourth-order valence-corrected chi connectivity index (χ4v) is 5.18. The van der Waals surface area contributed by atoms with Gasteiger partial charge in [0.05, 0.1) is 5.75 Å². The molecule has 0 radical (unpaired) electrons. The molecule has 2 amide bonds. The summed E-state index contributed by atoms with van der Waals surface area (Å²) in [6.45, 7) is 4.23. The maximum atomic E-state index is 12.8. The van der Waals surface area contributed by atoms with Crippen LogP contribution in [0.5, 0.6) is 11.5 Å². The summed E-state index contributed by atoms with van der Waals surface area (Å²) in [4.78, 5) is 27.4. The van der Waals surface area contributed by atoms with Crippen LogP contribution in [-0.2, 0) is 4.79 Å². The number of nitrogens with one attached hydrogen (secondary N) is 1. The largest absolute Gasteiger partial charge is 0.454 e. The molecule has 162 valence electrons. The van der Waals surface area contributed by atoms with Gasteiger partial charge in [-0.3, -0.25) is 14.5 Å². The van der Waals surface area contributed by atoms with Crippen LogP contribution in [0.4, 0.5) is 11.4 Å². The zero-order valence-corrected chi connectivity index (χ0v) is 18.6. The lowest BCUT2D eigenvalue weighted by atomic mass is 10.1. The van der Waals surface area contributed by atoms with E-state index in [9.17, 15) is 9.59 Å². The number of carbonyl (C=O) groups is 2. The smallest absolute Gasteiger partial charge is 0.255 e. The number of aryl methyl sites for hydroxylation is 2. The van der Waals surface area contributed by atoms with E-state index in [2.05, 4.69) is 11.4 Å². The first-order valence-electron chi connectivity index (χ1n) is 10.3. The third kappa shape index (κ3) is 3.80. The Morgan fingerprint density at radius 3 is 2.72 bits per heavy atom. The van der Waals surface area contributed by atoms with E-state index in [-0.39, 0.29) is 24.0 Å². The van der Waals surface area contributed by atoms with Gasteiger partial charge < -0.3 is 14.8 Å². The van der Waals surface area contributed by atoms with Crippen LogP contribution in [0.15, 0.2) is 60.7 Å². The zero-order chi connectivity index (χ0) is 22.2. The lowest BCUT2D eigenvalue weighted by Gasteiger charge is -2.26. The molecule has 0 bridgehead atoms. The van der Waals surface area contributed by atoms with E-state index in [0.717, 1.165) is 22.4 Å². The number of hydrogen-bond acceptors (Lipinski definition) is 5. The van der Waals surface area contributed by atoms with Gasteiger partial charge in [-0.15, -0.1) is 11.8 Å². The van der Waals surface area contributed by atoms with Gasteiger partial charge in [-0.2, -0.15) is 0 Å². The standard InChI is InChI=1S/C25H22N2O4S/c1-15-6-8-20(16(2)10-15)27-23(28)13-32-25(27)18-4-3-5-19(11-18)26-24(29)17-7-9-21-22(12-17)31-14-30-21/h3-12,25H,13-14H2,1-2H3,(H,26,29). The summed E-state index contributed by atoms with van der Waals surface area (Å²) in [5, 5.41) is 2.80. The van der Waals surface area contributed by atoms with Crippen molar-refractivity contribution in [2.45, 2.75) is 19.2 Å². The molecule has 1 atom stereocenters. The lowest BCUT2D eigenvalue weighted by Crippen LogP contribution is -2.28. The van der Waals surface area contributed by atoms with Gasteiger partial charge in [0.2, 0.25) is 12.7 Å². The first-order chi connectivity index (χ1) is 15.5. The molecule has 0 aromatic heterocycles. The summed E-state index contributed by atoms with van der Waals surface area (Å²) < 4.78 is 10.7. The van der Waals surface area contributed by atoms with Crippen molar-refractivity contribution in [3.05, 3.63) is 82.9 Å². The molecule has 32 heavy (non-hydrogen) atoms. The highest BCUT2D eigenvalue weighted by atomic mass is 32.2. The van der Waals surface area contributed by atoms with E-state index in [0.29, 0.717) is 28.5 Å². The van der Waals surface area contributed by atoms with Crippen molar-refractivity contribution in [2.24, 2.45) is 0 Å². The molecule has 1 unspecified atom stereocenters. The highest BCUT2D eigenvalue weighted by Gasteiger charge is 2.35. The Labute approximate surface area is 190 Å². The number of amides is 2. The molecule has 7 heteroatoms. The Kier molecular flexibility index (Phi) is 5.27. The number of fused-ring (bicyclic) bond motifs is 1. The number of benzene rings is 3. The van der Waals surface area contributed by atoms with Gasteiger partial charge in [0, 0.05) is 16.9 Å². The molecule has 0 saturated carbocycles. The van der Waals surface area contributed by atoms with E-state index >= 15 is 0 Å². The predicted octanol–water partition coefficient (Wildman–Crippen LogP) is 5.06. The normalized spacial score (nSPS) is 17.0. The van der Waals surface area contributed by atoms with Crippen molar-refractivity contribution in [1.82, 2.24) is 0 Å². The topological polar surface area (TPSA) is 67.9 Å². The molecule has 2 heterocycles. The number of ether oxygens (including phenoxy) is 2. The number of hydrogen-bond donors (Lipinski definition) is 1. The third-order valence-electron chi connectivity index (χ3n) is 5.54. The van der Waals surface area contributed by atoms with Crippen molar-refractivity contribution in [2.75, 3.05) is 22.8 Å². The van der Waals surface area contributed by atoms with E-state index in [1.165, 1.54) is 0 Å². The van der Waals surface area contributed by atoms with Gasteiger partial charge in [0.25, 0.3) is 5.91 Å². The third-order valence-corrected chi connectivity index (χ3v) is 6.76. The van der Waals surface area contributed by atoms with Gasteiger partial charge >= 0.3 is 0 Å². The molecule has 1 saturated heterocycles. The first-order valence-corrected chi connectivity index (χ1v) is 11.4. The fourth-order valence-electron chi connectivity index (χ4n) is 4.02. The molecule has 5 rings (SSSR count). The van der Waals surface area contributed by atoms with Crippen molar-refractivity contribution < 1.29 is 19.1 Å². The number of rotatable bonds is 4. The average molecular weight is 447 g/mol. The maximum Gasteiger partial charge on any atom is 0.255 e. The summed E-state index contributed by atoms with van der Waals surface area (Å²) in [5.41, 5.74) is 5.27. The summed E-state index contributed by atoms with van der Waals surface area (Å²) in [6, 6.07) is 18.9. The summed E-state index contributed by atoms with van der Waals surface area (Å²) in [6.07, 6.45) is 0. The molecular weight excluding hydrogens is 424 g/mol. The van der Waals surface area contributed by atoms with Gasteiger partial charge in [-0.1, -0.05) is 29.8 Å². The monoisotopic (exact) mass is 446 g/mol. The van der Waals surface area contributed by atoms with Crippen molar-refractivity contribution in [3.8, 4) is 11.5 Å². The molecule has 1 N–H and O–H groups in total. The number of nitrogens with zero attached hydrogens (tertiary/aromatic N) is 1. The Balaban J connectivity index is 1.39. The van der Waals surface area contributed by atoms with E-state index < -0.39 is 0 Å². The maximum absolute atomic E-state index is 12.8. The zero-order valence-electron chi connectivity index (χ0n) is 17.8. The quantitative estimate of drug-likeness (QED) is 0.607. The average Bonchev–Trinajstić information content (AvgIpc) is 3.40. The fraction of sp³-hybridized carbons (Fsp3) is 0.200. The minimum Gasteiger partial charge on any atom is -0.454 e. The molecule has 2 aliphatic heterocycles. The van der Waals surface area contributed by atoms with E-state index in [1.807, 2.05) is 55.1 Å². The highest BCUT2D eigenvalue weighted by Crippen LogP contribution is 2.43. The molecule has 2 aliphatic rings. The van der Waals surface area contributed by atoms with Crippen molar-refractivity contribution >= 4 is 35.0 Å². The SMILES string of the molecule is Cc1ccc(N2C(=O)CSC2c2cccc(NC(=O)c3ccc4c(c3)OCO4)c2)c(C)c1. The van der Waals surface area contributed by atoms with Crippen LogP contribution in [-0.4, -0.2) is 24.4 Å². The second-order valence-corrected chi connectivity index (χ2v) is 8.93. The molecule has 3 aromatic carbocycles. The van der Waals surface area contributed by atoms with Crippen LogP contribution in [0.25, 0.3) is 0 Å². The highest BCUT2D eigenvalue weighted by molar-refractivity contribution is 8.00. The van der Waals surface area contributed by atoms with E-state index in [4.69, 9.17) is 9.47 Å². The molecule has 0 spiro atoms. The van der Waals surface area contributed by atoms with Gasteiger partial charge in [-0.05, 0) is 61.4 Å². The summed E-state index contributed by atoms with van der Waals surface area (Å²) >= 11 is 1.59. The van der Waals surface area contributed by atoms with Crippen LogP contribution in [0.1, 0.15) is 32.4 Å². The second kappa shape index (κ2) is 8.24. The predicted molar refractivity (Wildman–Crippen MR) is 126 cm³/mol. The van der Waals surface area contributed by atoms with Gasteiger partial charge in [0.1, 0.15) is 5.37 Å². The molecule has 3 aromatic rings. The summed E-state index contributed by atoms with van der Waals surface area (Å²) in [5.74, 6) is 1.48. The Bertz CT molecular complexity index is 1230.